The molecular weight excluding hydrogens is 226 g/mol. The van der Waals surface area contributed by atoms with E-state index in [0.29, 0.717) is 0 Å². The first-order valence-electron chi connectivity index (χ1n) is 6.99. The molecule has 0 saturated heterocycles. The summed E-state index contributed by atoms with van der Waals surface area (Å²) in [5, 5.41) is 13.2. The van der Waals surface area contributed by atoms with Crippen LogP contribution in [-0.2, 0) is 6.54 Å². The van der Waals surface area contributed by atoms with Crippen molar-refractivity contribution in [2.45, 2.75) is 51.6 Å². The molecule has 4 heteroatoms. The van der Waals surface area contributed by atoms with Gasteiger partial charge in [0.05, 0.1) is 6.61 Å². The van der Waals surface area contributed by atoms with Gasteiger partial charge in [0, 0.05) is 31.0 Å². The lowest BCUT2D eigenvalue weighted by molar-refractivity contribution is 0.105. The molecule has 1 aromatic rings. The van der Waals surface area contributed by atoms with Gasteiger partial charge in [-0.3, -0.25) is 0 Å². The van der Waals surface area contributed by atoms with Gasteiger partial charge < -0.3 is 15.0 Å². The average Bonchev–Trinajstić information content (AvgIpc) is 2.78. The van der Waals surface area contributed by atoms with E-state index in [0.717, 1.165) is 37.7 Å². The maximum atomic E-state index is 9.66. The van der Waals surface area contributed by atoms with E-state index in [1.165, 1.54) is 12.8 Å². The number of nitrogens with one attached hydrogen (secondary N) is 1. The highest BCUT2D eigenvalue weighted by atomic mass is 16.3. The van der Waals surface area contributed by atoms with Gasteiger partial charge in [0.15, 0.2) is 0 Å². The second kappa shape index (κ2) is 5.85. The third kappa shape index (κ3) is 3.12. The first kappa shape index (κ1) is 13.6. The van der Waals surface area contributed by atoms with E-state index in [-0.39, 0.29) is 12.1 Å². The molecule has 4 nitrogen and oxygen atoms in total. The van der Waals surface area contributed by atoms with Crippen molar-refractivity contribution >= 4 is 0 Å². The molecule has 18 heavy (non-hydrogen) atoms. The number of rotatable bonds is 5. The largest absolute Gasteiger partial charge is 0.394 e. The van der Waals surface area contributed by atoms with Crippen molar-refractivity contribution in [3.8, 4) is 0 Å². The van der Waals surface area contributed by atoms with E-state index in [2.05, 4.69) is 21.8 Å². The van der Waals surface area contributed by atoms with E-state index in [1.54, 1.807) is 0 Å². The molecule has 1 aromatic heterocycles. The Balaban J connectivity index is 1.82. The second-order valence-corrected chi connectivity index (χ2v) is 5.72. The third-order valence-electron chi connectivity index (χ3n) is 4.31. The first-order chi connectivity index (χ1) is 8.65. The van der Waals surface area contributed by atoms with E-state index < -0.39 is 0 Å². The number of aromatic nitrogens is 2. The number of hydrogen-bond donors (Lipinski definition) is 2. The van der Waals surface area contributed by atoms with Crippen molar-refractivity contribution in [3.05, 3.63) is 18.2 Å². The summed E-state index contributed by atoms with van der Waals surface area (Å²) in [7, 11) is 0. The fourth-order valence-corrected chi connectivity index (χ4v) is 2.79. The van der Waals surface area contributed by atoms with Gasteiger partial charge in [-0.25, -0.2) is 4.98 Å². The number of nitrogens with zero attached hydrogens (tertiary/aromatic N) is 2. The SMILES string of the molecule is Cc1nccn1CCNC1(CO)CCC(C)CC1. The predicted molar refractivity (Wildman–Crippen MR) is 72.4 cm³/mol. The number of imidazole rings is 1. The summed E-state index contributed by atoms with van der Waals surface area (Å²) in [5.74, 6) is 1.86. The van der Waals surface area contributed by atoms with Crippen LogP contribution in [0.25, 0.3) is 0 Å². The van der Waals surface area contributed by atoms with Gasteiger partial charge in [0.25, 0.3) is 0 Å². The molecular formula is C14H25N3O. The number of aliphatic hydroxyl groups is 1. The van der Waals surface area contributed by atoms with Crippen LogP contribution < -0.4 is 5.32 Å². The Morgan fingerprint density at radius 2 is 2.22 bits per heavy atom. The zero-order chi connectivity index (χ0) is 13.0. The maximum Gasteiger partial charge on any atom is 0.105 e. The van der Waals surface area contributed by atoms with Gasteiger partial charge in [-0.1, -0.05) is 6.92 Å². The first-order valence-corrected chi connectivity index (χ1v) is 6.99. The molecule has 0 aromatic carbocycles. The van der Waals surface area contributed by atoms with Crippen LogP contribution in [0.5, 0.6) is 0 Å². The summed E-state index contributed by atoms with van der Waals surface area (Å²) >= 11 is 0. The van der Waals surface area contributed by atoms with Crippen molar-refractivity contribution < 1.29 is 5.11 Å². The minimum Gasteiger partial charge on any atom is -0.394 e. The highest BCUT2D eigenvalue weighted by molar-refractivity contribution is 4.93. The normalized spacial score (nSPS) is 28.5. The molecule has 0 unspecified atom stereocenters. The third-order valence-corrected chi connectivity index (χ3v) is 4.31. The molecule has 1 fully saturated rings. The number of hydrogen-bond acceptors (Lipinski definition) is 3. The van der Waals surface area contributed by atoms with Crippen LogP contribution in [0.2, 0.25) is 0 Å². The molecule has 1 saturated carbocycles. The van der Waals surface area contributed by atoms with E-state index in [9.17, 15) is 5.11 Å². The maximum absolute atomic E-state index is 9.66. The van der Waals surface area contributed by atoms with Gasteiger partial charge in [0.1, 0.15) is 5.82 Å². The summed E-state index contributed by atoms with van der Waals surface area (Å²) in [6.07, 6.45) is 8.46. The molecule has 2 N–H and O–H groups in total. The standard InChI is InChI=1S/C14H25N3O/c1-12-3-5-14(11-18,6-4-12)16-8-10-17-9-7-15-13(17)2/h7,9,12,16,18H,3-6,8,10-11H2,1-2H3. The highest BCUT2D eigenvalue weighted by Gasteiger charge is 2.32. The van der Waals surface area contributed by atoms with Gasteiger partial charge in [-0.2, -0.15) is 0 Å². The highest BCUT2D eigenvalue weighted by Crippen LogP contribution is 2.31. The average molecular weight is 251 g/mol. The van der Waals surface area contributed by atoms with Crippen LogP contribution >= 0.6 is 0 Å². The molecule has 0 radical (unpaired) electrons. The van der Waals surface area contributed by atoms with Crippen molar-refractivity contribution in [2.24, 2.45) is 5.92 Å². The number of aryl methyl sites for hydroxylation is 1. The topological polar surface area (TPSA) is 50.1 Å². The second-order valence-electron chi connectivity index (χ2n) is 5.72. The fraction of sp³-hybridized carbons (Fsp3) is 0.786. The summed E-state index contributed by atoms with van der Waals surface area (Å²) in [6.45, 7) is 6.39. The van der Waals surface area contributed by atoms with Gasteiger partial charge >= 0.3 is 0 Å². The van der Waals surface area contributed by atoms with Crippen LogP contribution in [0.15, 0.2) is 12.4 Å². The Morgan fingerprint density at radius 3 is 2.78 bits per heavy atom. The Kier molecular flexibility index (Phi) is 4.40. The van der Waals surface area contributed by atoms with E-state index in [4.69, 9.17) is 0 Å². The summed E-state index contributed by atoms with van der Waals surface area (Å²) in [4.78, 5) is 4.22. The van der Waals surface area contributed by atoms with Crippen LogP contribution in [0.4, 0.5) is 0 Å². The van der Waals surface area contributed by atoms with Crippen molar-refractivity contribution in [3.63, 3.8) is 0 Å². The Labute approximate surface area is 109 Å². The van der Waals surface area contributed by atoms with Gasteiger partial charge in [0.2, 0.25) is 0 Å². The van der Waals surface area contributed by atoms with Crippen molar-refractivity contribution in [2.75, 3.05) is 13.2 Å². The van der Waals surface area contributed by atoms with Crippen molar-refractivity contribution in [1.29, 1.82) is 0 Å². The Bertz CT molecular complexity index is 367. The minimum atomic E-state index is -0.0407. The lowest BCUT2D eigenvalue weighted by Crippen LogP contribution is -2.51. The lowest BCUT2D eigenvalue weighted by atomic mass is 9.77. The molecule has 0 aliphatic heterocycles. The van der Waals surface area contributed by atoms with Gasteiger partial charge in [-0.15, -0.1) is 0 Å². The zero-order valence-corrected chi connectivity index (χ0v) is 11.5. The number of aliphatic hydroxyl groups excluding tert-OH is 1. The quantitative estimate of drug-likeness (QED) is 0.838. The van der Waals surface area contributed by atoms with Crippen LogP contribution in [0, 0.1) is 12.8 Å². The van der Waals surface area contributed by atoms with E-state index >= 15 is 0 Å². The summed E-state index contributed by atoms with van der Waals surface area (Å²) in [6, 6.07) is 0. The monoisotopic (exact) mass is 251 g/mol. The Morgan fingerprint density at radius 1 is 1.50 bits per heavy atom. The van der Waals surface area contributed by atoms with Crippen LogP contribution in [0.3, 0.4) is 0 Å². The Hall–Kier alpha value is -0.870. The molecule has 0 atom stereocenters. The molecule has 102 valence electrons. The molecule has 1 aliphatic rings. The minimum absolute atomic E-state index is 0.0407. The summed E-state index contributed by atoms with van der Waals surface area (Å²) < 4.78 is 2.14. The molecule has 0 spiro atoms. The summed E-state index contributed by atoms with van der Waals surface area (Å²) in [5.41, 5.74) is -0.0407. The van der Waals surface area contributed by atoms with E-state index in [1.807, 2.05) is 19.3 Å². The molecule has 1 heterocycles. The molecule has 2 rings (SSSR count). The van der Waals surface area contributed by atoms with Crippen LogP contribution in [-0.4, -0.2) is 33.3 Å². The van der Waals surface area contributed by atoms with Gasteiger partial charge in [-0.05, 0) is 38.5 Å². The zero-order valence-electron chi connectivity index (χ0n) is 11.5. The van der Waals surface area contributed by atoms with Crippen molar-refractivity contribution in [1.82, 2.24) is 14.9 Å². The molecule has 1 aliphatic carbocycles. The smallest absolute Gasteiger partial charge is 0.105 e. The lowest BCUT2D eigenvalue weighted by Gasteiger charge is -2.39. The van der Waals surface area contributed by atoms with Crippen LogP contribution in [0.1, 0.15) is 38.4 Å². The molecule has 0 bridgehead atoms. The fourth-order valence-electron chi connectivity index (χ4n) is 2.79. The predicted octanol–water partition coefficient (Wildman–Crippen LogP) is 1.72. The molecule has 0 amide bonds.